The van der Waals surface area contributed by atoms with E-state index >= 15 is 0 Å². The smallest absolute Gasteiger partial charge is 0.137 e. The van der Waals surface area contributed by atoms with Crippen LogP contribution >= 0.6 is 0 Å². The lowest BCUT2D eigenvalue weighted by atomic mass is 9.90. The van der Waals surface area contributed by atoms with Gasteiger partial charge < -0.3 is 9.67 Å². The average molecular weight is 300 g/mol. The zero-order valence-electron chi connectivity index (χ0n) is 13.3. The van der Waals surface area contributed by atoms with E-state index in [1.807, 2.05) is 36.1 Å². The molecule has 3 rings (SSSR count). The molecule has 5 nitrogen and oxygen atoms in total. The lowest BCUT2D eigenvalue weighted by molar-refractivity contribution is 0.0400. The van der Waals surface area contributed by atoms with Gasteiger partial charge in [0.2, 0.25) is 0 Å². The molecule has 0 aromatic carbocycles. The van der Waals surface area contributed by atoms with Crippen molar-refractivity contribution < 1.29 is 5.11 Å². The van der Waals surface area contributed by atoms with Gasteiger partial charge in [-0.1, -0.05) is 6.07 Å². The maximum Gasteiger partial charge on any atom is 0.137 e. The molecule has 0 spiro atoms. The number of pyridine rings is 1. The highest BCUT2D eigenvalue weighted by molar-refractivity contribution is 5.08. The van der Waals surface area contributed by atoms with Gasteiger partial charge in [-0.15, -0.1) is 0 Å². The summed E-state index contributed by atoms with van der Waals surface area (Å²) in [4.78, 5) is 11.2. The van der Waals surface area contributed by atoms with E-state index < -0.39 is 6.10 Å². The van der Waals surface area contributed by atoms with Crippen LogP contribution in [0.5, 0.6) is 0 Å². The SMILES string of the molecule is C[C@@H](c1ccccn1)N1CCC([C@@H](O)c2nccn2C)CC1. The van der Waals surface area contributed by atoms with Gasteiger partial charge >= 0.3 is 0 Å². The average Bonchev–Trinajstić information content (AvgIpc) is 3.00. The molecule has 0 saturated carbocycles. The summed E-state index contributed by atoms with van der Waals surface area (Å²) >= 11 is 0. The number of aromatic nitrogens is 3. The number of likely N-dealkylation sites (tertiary alicyclic amines) is 1. The number of nitrogens with zero attached hydrogens (tertiary/aromatic N) is 4. The zero-order chi connectivity index (χ0) is 15.5. The number of aliphatic hydroxyl groups excluding tert-OH is 1. The topological polar surface area (TPSA) is 54.2 Å². The number of hydrogen-bond donors (Lipinski definition) is 1. The van der Waals surface area contributed by atoms with Crippen molar-refractivity contribution in [2.45, 2.75) is 31.9 Å². The molecule has 0 radical (unpaired) electrons. The van der Waals surface area contributed by atoms with Crippen LogP contribution in [0.3, 0.4) is 0 Å². The van der Waals surface area contributed by atoms with E-state index in [1.54, 1.807) is 6.20 Å². The summed E-state index contributed by atoms with van der Waals surface area (Å²) in [5.41, 5.74) is 1.12. The third-order valence-corrected chi connectivity index (χ3v) is 4.81. The first-order valence-electron chi connectivity index (χ1n) is 7.97. The second-order valence-corrected chi connectivity index (χ2v) is 6.15. The molecule has 1 aliphatic rings. The summed E-state index contributed by atoms with van der Waals surface area (Å²) in [6.07, 6.45) is 7.00. The molecule has 1 N–H and O–H groups in total. The van der Waals surface area contributed by atoms with E-state index in [0.29, 0.717) is 6.04 Å². The van der Waals surface area contributed by atoms with Gasteiger partial charge in [0.25, 0.3) is 0 Å². The van der Waals surface area contributed by atoms with E-state index in [0.717, 1.165) is 37.4 Å². The molecule has 0 unspecified atom stereocenters. The van der Waals surface area contributed by atoms with Gasteiger partial charge in [-0.3, -0.25) is 9.88 Å². The van der Waals surface area contributed by atoms with Crippen molar-refractivity contribution in [3.8, 4) is 0 Å². The number of piperidine rings is 1. The minimum atomic E-state index is -0.465. The fourth-order valence-corrected chi connectivity index (χ4v) is 3.31. The van der Waals surface area contributed by atoms with Gasteiger partial charge in [-0.05, 0) is 50.9 Å². The molecule has 1 saturated heterocycles. The van der Waals surface area contributed by atoms with Crippen LogP contribution in [0.25, 0.3) is 0 Å². The minimum Gasteiger partial charge on any atom is -0.385 e. The monoisotopic (exact) mass is 300 g/mol. The Kier molecular flexibility index (Phi) is 4.55. The van der Waals surface area contributed by atoms with Gasteiger partial charge in [0.1, 0.15) is 11.9 Å². The molecule has 2 atom stereocenters. The minimum absolute atomic E-state index is 0.285. The van der Waals surface area contributed by atoms with Crippen LogP contribution in [-0.2, 0) is 7.05 Å². The molecule has 1 aliphatic heterocycles. The number of aryl methyl sites for hydroxylation is 1. The van der Waals surface area contributed by atoms with E-state index in [-0.39, 0.29) is 5.92 Å². The predicted molar refractivity (Wildman–Crippen MR) is 85.1 cm³/mol. The molecule has 1 fully saturated rings. The molecule has 22 heavy (non-hydrogen) atoms. The van der Waals surface area contributed by atoms with E-state index in [2.05, 4.69) is 27.9 Å². The van der Waals surface area contributed by atoms with Crippen LogP contribution in [0.1, 0.15) is 43.4 Å². The Hall–Kier alpha value is -1.72. The van der Waals surface area contributed by atoms with Gasteiger partial charge in [0.05, 0.1) is 5.69 Å². The van der Waals surface area contributed by atoms with Gasteiger partial charge in [-0.2, -0.15) is 0 Å². The second-order valence-electron chi connectivity index (χ2n) is 6.15. The maximum atomic E-state index is 10.5. The first-order chi connectivity index (χ1) is 10.7. The fourth-order valence-electron chi connectivity index (χ4n) is 3.31. The molecule has 0 amide bonds. The maximum absolute atomic E-state index is 10.5. The molecule has 0 aliphatic carbocycles. The molecule has 3 heterocycles. The second kappa shape index (κ2) is 6.58. The summed E-state index contributed by atoms with van der Waals surface area (Å²) in [6.45, 7) is 4.19. The molecule has 2 aromatic heterocycles. The van der Waals surface area contributed by atoms with Crippen molar-refractivity contribution in [2.75, 3.05) is 13.1 Å². The number of aliphatic hydroxyl groups is 1. The van der Waals surface area contributed by atoms with Crippen LogP contribution in [-0.4, -0.2) is 37.6 Å². The quantitative estimate of drug-likeness (QED) is 0.941. The van der Waals surface area contributed by atoms with Gasteiger partial charge in [-0.25, -0.2) is 4.98 Å². The number of rotatable bonds is 4. The number of hydrogen-bond acceptors (Lipinski definition) is 4. The van der Waals surface area contributed by atoms with Crippen molar-refractivity contribution in [1.82, 2.24) is 19.4 Å². The molecular formula is C17H24N4O. The van der Waals surface area contributed by atoms with E-state index in [1.165, 1.54) is 0 Å². The molecular weight excluding hydrogens is 276 g/mol. The van der Waals surface area contributed by atoms with Crippen molar-refractivity contribution in [1.29, 1.82) is 0 Å². The molecule has 0 bridgehead atoms. The standard InChI is InChI=1S/C17H24N4O/c1-13(15-5-3-4-8-18-15)21-10-6-14(7-11-21)16(22)17-19-9-12-20(17)2/h3-5,8-9,12-14,16,22H,6-7,10-11H2,1-2H3/t13-,16+/m0/s1. The van der Waals surface area contributed by atoms with E-state index in [4.69, 9.17) is 0 Å². The molecule has 5 heteroatoms. The summed E-state index contributed by atoms with van der Waals surface area (Å²) in [5, 5.41) is 10.5. The first kappa shape index (κ1) is 15.2. The van der Waals surface area contributed by atoms with Crippen molar-refractivity contribution in [3.63, 3.8) is 0 Å². The largest absolute Gasteiger partial charge is 0.385 e. The summed E-state index contributed by atoms with van der Waals surface area (Å²) in [5.74, 6) is 1.06. The van der Waals surface area contributed by atoms with Crippen LogP contribution < -0.4 is 0 Å². The highest BCUT2D eigenvalue weighted by atomic mass is 16.3. The Bertz CT molecular complexity index is 590. The van der Waals surface area contributed by atoms with Gasteiger partial charge in [0.15, 0.2) is 0 Å². The highest BCUT2D eigenvalue weighted by Gasteiger charge is 2.30. The van der Waals surface area contributed by atoms with Crippen LogP contribution in [0.4, 0.5) is 0 Å². The summed E-state index contributed by atoms with van der Waals surface area (Å²) in [7, 11) is 1.93. The zero-order valence-corrected chi connectivity index (χ0v) is 13.3. The molecule has 2 aromatic rings. The third-order valence-electron chi connectivity index (χ3n) is 4.81. The predicted octanol–water partition coefficient (Wildman–Crippen LogP) is 2.32. The third kappa shape index (κ3) is 3.05. The van der Waals surface area contributed by atoms with Gasteiger partial charge in [0, 0.05) is 31.7 Å². The summed E-state index contributed by atoms with van der Waals surface area (Å²) < 4.78 is 1.91. The first-order valence-corrected chi connectivity index (χ1v) is 7.97. The fraction of sp³-hybridized carbons (Fsp3) is 0.529. The summed E-state index contributed by atoms with van der Waals surface area (Å²) in [6, 6.07) is 6.40. The Morgan fingerprint density at radius 1 is 1.18 bits per heavy atom. The van der Waals surface area contributed by atoms with E-state index in [9.17, 15) is 5.11 Å². The van der Waals surface area contributed by atoms with Crippen molar-refractivity contribution >= 4 is 0 Å². The lowest BCUT2D eigenvalue weighted by Crippen LogP contribution is -2.37. The van der Waals surface area contributed by atoms with Crippen molar-refractivity contribution in [3.05, 3.63) is 48.3 Å². The highest BCUT2D eigenvalue weighted by Crippen LogP contribution is 2.32. The number of imidazole rings is 1. The Morgan fingerprint density at radius 3 is 2.55 bits per heavy atom. The Morgan fingerprint density at radius 2 is 1.95 bits per heavy atom. The van der Waals surface area contributed by atoms with Crippen molar-refractivity contribution in [2.24, 2.45) is 13.0 Å². The van der Waals surface area contributed by atoms with Crippen LogP contribution in [0, 0.1) is 5.92 Å². The molecule has 118 valence electrons. The lowest BCUT2D eigenvalue weighted by Gasteiger charge is -2.37. The van der Waals surface area contributed by atoms with Crippen LogP contribution in [0.2, 0.25) is 0 Å². The Labute approximate surface area is 131 Å². The van der Waals surface area contributed by atoms with Crippen LogP contribution in [0.15, 0.2) is 36.8 Å². The normalized spacial score (nSPS) is 20.0. The Balaban J connectivity index is 1.60.